The molecule has 0 aliphatic rings. The molecule has 0 saturated carbocycles. The molecule has 0 spiro atoms. The number of carbonyl (C=O) groups is 1. The third kappa shape index (κ3) is 4.66. The Morgan fingerprint density at radius 2 is 1.93 bits per heavy atom. The normalized spacial score (nSPS) is 12.7. The molecule has 0 saturated heterocycles. The standard InChI is InChI=1S/C22H20ClNO3/c1-14(11-19-10-8-16-7-9-18(23)13-21(16)24-19)17-5-4-6-20(12-17)27-15(2)22(25)26-3/h4-13,15H,1-3H3/b14-11+. The van der Waals surface area contributed by atoms with Crippen molar-refractivity contribution in [2.24, 2.45) is 0 Å². The fraction of sp³-hybridized carbons (Fsp3) is 0.182. The van der Waals surface area contributed by atoms with E-state index < -0.39 is 12.1 Å². The van der Waals surface area contributed by atoms with Gasteiger partial charge in [0.2, 0.25) is 0 Å². The van der Waals surface area contributed by atoms with E-state index in [1.807, 2.05) is 67.6 Å². The number of carbonyl (C=O) groups excluding carboxylic acids is 1. The summed E-state index contributed by atoms with van der Waals surface area (Å²) < 4.78 is 10.3. The number of hydrogen-bond donors (Lipinski definition) is 0. The van der Waals surface area contributed by atoms with E-state index in [2.05, 4.69) is 4.98 Å². The number of benzene rings is 2. The Morgan fingerprint density at radius 1 is 1.15 bits per heavy atom. The van der Waals surface area contributed by atoms with Gasteiger partial charge in [0.1, 0.15) is 5.75 Å². The van der Waals surface area contributed by atoms with E-state index in [0.29, 0.717) is 10.8 Å². The SMILES string of the molecule is COC(=O)C(C)Oc1cccc(/C(C)=C/c2ccc3ccc(Cl)cc3n2)c1. The third-order valence-electron chi connectivity index (χ3n) is 4.18. The van der Waals surface area contributed by atoms with E-state index >= 15 is 0 Å². The first-order valence-electron chi connectivity index (χ1n) is 8.56. The van der Waals surface area contributed by atoms with Crippen LogP contribution in [-0.4, -0.2) is 24.2 Å². The Balaban J connectivity index is 1.85. The molecule has 0 fully saturated rings. The highest BCUT2D eigenvalue weighted by atomic mass is 35.5. The molecule has 0 N–H and O–H groups in total. The molecule has 5 heteroatoms. The highest BCUT2D eigenvalue weighted by Gasteiger charge is 2.14. The van der Waals surface area contributed by atoms with Crippen LogP contribution in [-0.2, 0) is 9.53 Å². The van der Waals surface area contributed by atoms with Crippen molar-refractivity contribution in [2.75, 3.05) is 7.11 Å². The molecule has 0 aliphatic carbocycles. The molecule has 1 unspecified atom stereocenters. The lowest BCUT2D eigenvalue weighted by Gasteiger charge is -2.13. The highest BCUT2D eigenvalue weighted by Crippen LogP contribution is 2.24. The van der Waals surface area contributed by atoms with E-state index in [0.717, 1.165) is 27.7 Å². The zero-order chi connectivity index (χ0) is 19.4. The van der Waals surface area contributed by atoms with Crippen LogP contribution in [0.5, 0.6) is 5.75 Å². The quantitative estimate of drug-likeness (QED) is 0.556. The van der Waals surface area contributed by atoms with Gasteiger partial charge in [-0.1, -0.05) is 35.9 Å². The van der Waals surface area contributed by atoms with Crippen molar-refractivity contribution in [3.63, 3.8) is 0 Å². The van der Waals surface area contributed by atoms with Gasteiger partial charge in [0, 0.05) is 10.4 Å². The maximum absolute atomic E-state index is 11.5. The Hall–Kier alpha value is -2.85. The van der Waals surface area contributed by atoms with E-state index in [1.54, 1.807) is 6.92 Å². The second kappa shape index (κ2) is 8.23. The Labute approximate surface area is 163 Å². The lowest BCUT2D eigenvalue weighted by atomic mass is 10.1. The molecular formula is C22H20ClNO3. The van der Waals surface area contributed by atoms with Gasteiger partial charge in [-0.25, -0.2) is 9.78 Å². The summed E-state index contributed by atoms with van der Waals surface area (Å²) in [6.45, 7) is 3.66. The molecule has 4 nitrogen and oxygen atoms in total. The molecule has 0 aliphatic heterocycles. The number of esters is 1. The summed E-state index contributed by atoms with van der Waals surface area (Å²) in [5.74, 6) is 0.197. The van der Waals surface area contributed by atoms with Gasteiger partial charge < -0.3 is 9.47 Å². The van der Waals surface area contributed by atoms with Crippen LogP contribution in [0.2, 0.25) is 5.02 Å². The van der Waals surface area contributed by atoms with Gasteiger partial charge in [-0.2, -0.15) is 0 Å². The predicted molar refractivity (Wildman–Crippen MR) is 109 cm³/mol. The van der Waals surface area contributed by atoms with Gasteiger partial charge >= 0.3 is 5.97 Å². The number of aromatic nitrogens is 1. The number of hydrogen-bond acceptors (Lipinski definition) is 4. The smallest absolute Gasteiger partial charge is 0.346 e. The van der Waals surface area contributed by atoms with Crippen LogP contribution in [0.3, 0.4) is 0 Å². The maximum atomic E-state index is 11.5. The van der Waals surface area contributed by atoms with Gasteiger partial charge in [0.15, 0.2) is 6.10 Å². The number of allylic oxidation sites excluding steroid dienone is 1. The number of rotatable bonds is 5. The number of pyridine rings is 1. The van der Waals surface area contributed by atoms with Crippen molar-refractivity contribution in [2.45, 2.75) is 20.0 Å². The summed E-state index contributed by atoms with van der Waals surface area (Å²) in [6, 6.07) is 17.2. The van der Waals surface area contributed by atoms with E-state index in [-0.39, 0.29) is 0 Å². The Bertz CT molecular complexity index is 1010. The number of ether oxygens (including phenoxy) is 2. The van der Waals surface area contributed by atoms with Gasteiger partial charge in [-0.3, -0.25) is 0 Å². The highest BCUT2D eigenvalue weighted by molar-refractivity contribution is 6.31. The van der Waals surface area contributed by atoms with Crippen LogP contribution in [0.4, 0.5) is 0 Å². The van der Waals surface area contributed by atoms with Crippen molar-refractivity contribution in [1.82, 2.24) is 4.98 Å². The van der Waals surface area contributed by atoms with Gasteiger partial charge in [-0.15, -0.1) is 0 Å². The molecule has 0 radical (unpaired) electrons. The summed E-state index contributed by atoms with van der Waals surface area (Å²) in [5.41, 5.74) is 3.71. The molecule has 0 amide bonds. The van der Waals surface area contributed by atoms with Crippen LogP contribution in [0.25, 0.3) is 22.6 Å². The predicted octanol–water partition coefficient (Wildman–Crippen LogP) is 5.39. The molecule has 3 aromatic rings. The minimum atomic E-state index is -0.665. The molecule has 2 aromatic carbocycles. The first-order valence-corrected chi connectivity index (χ1v) is 8.93. The minimum absolute atomic E-state index is 0.410. The largest absolute Gasteiger partial charge is 0.479 e. The van der Waals surface area contributed by atoms with Gasteiger partial charge in [-0.05, 0) is 61.4 Å². The van der Waals surface area contributed by atoms with Crippen molar-refractivity contribution >= 4 is 40.1 Å². The summed E-state index contributed by atoms with van der Waals surface area (Å²) in [6.07, 6.45) is 1.34. The topological polar surface area (TPSA) is 48.4 Å². The summed E-state index contributed by atoms with van der Waals surface area (Å²) in [5, 5.41) is 1.71. The first-order chi connectivity index (χ1) is 13.0. The first kappa shape index (κ1) is 18.9. The fourth-order valence-corrected chi connectivity index (χ4v) is 2.89. The lowest BCUT2D eigenvalue weighted by Crippen LogP contribution is -2.24. The summed E-state index contributed by atoms with van der Waals surface area (Å²) in [7, 11) is 1.34. The van der Waals surface area contributed by atoms with Crippen molar-refractivity contribution in [3.05, 3.63) is 70.9 Å². The monoisotopic (exact) mass is 381 g/mol. The van der Waals surface area contributed by atoms with Crippen molar-refractivity contribution in [3.8, 4) is 5.75 Å². The molecule has 27 heavy (non-hydrogen) atoms. The van der Waals surface area contributed by atoms with Crippen LogP contribution < -0.4 is 4.74 Å². The maximum Gasteiger partial charge on any atom is 0.346 e. The summed E-state index contributed by atoms with van der Waals surface area (Å²) in [4.78, 5) is 16.2. The second-order valence-electron chi connectivity index (χ2n) is 6.21. The molecule has 0 bridgehead atoms. The average Bonchev–Trinajstić information content (AvgIpc) is 2.67. The van der Waals surface area contributed by atoms with Crippen LogP contribution in [0.15, 0.2) is 54.6 Å². The average molecular weight is 382 g/mol. The molecule has 1 aromatic heterocycles. The number of fused-ring (bicyclic) bond motifs is 1. The van der Waals surface area contributed by atoms with Crippen LogP contribution >= 0.6 is 11.6 Å². The van der Waals surface area contributed by atoms with E-state index in [1.165, 1.54) is 7.11 Å². The Morgan fingerprint density at radius 3 is 2.70 bits per heavy atom. The van der Waals surface area contributed by atoms with Gasteiger partial charge in [0.25, 0.3) is 0 Å². The van der Waals surface area contributed by atoms with E-state index in [9.17, 15) is 4.79 Å². The summed E-state index contributed by atoms with van der Waals surface area (Å²) >= 11 is 6.06. The van der Waals surface area contributed by atoms with Crippen molar-refractivity contribution in [1.29, 1.82) is 0 Å². The van der Waals surface area contributed by atoms with Crippen LogP contribution in [0.1, 0.15) is 25.1 Å². The Kier molecular flexibility index (Phi) is 5.77. The van der Waals surface area contributed by atoms with E-state index in [4.69, 9.17) is 21.1 Å². The minimum Gasteiger partial charge on any atom is -0.479 e. The molecular weight excluding hydrogens is 362 g/mol. The fourth-order valence-electron chi connectivity index (χ4n) is 2.72. The van der Waals surface area contributed by atoms with Gasteiger partial charge in [0.05, 0.1) is 18.3 Å². The number of methoxy groups -OCH3 is 1. The zero-order valence-corrected chi connectivity index (χ0v) is 16.2. The number of nitrogens with zero attached hydrogens (tertiary/aromatic N) is 1. The molecule has 1 atom stereocenters. The molecule has 1 heterocycles. The second-order valence-corrected chi connectivity index (χ2v) is 6.65. The number of halogens is 1. The zero-order valence-electron chi connectivity index (χ0n) is 15.4. The van der Waals surface area contributed by atoms with Crippen molar-refractivity contribution < 1.29 is 14.3 Å². The molecule has 3 rings (SSSR count). The molecule has 138 valence electrons. The van der Waals surface area contributed by atoms with Crippen LogP contribution in [0, 0.1) is 0 Å². The third-order valence-corrected chi connectivity index (χ3v) is 4.41. The lowest BCUT2D eigenvalue weighted by molar-refractivity contribution is -0.147.